The van der Waals surface area contributed by atoms with Crippen molar-refractivity contribution >= 4 is 10.8 Å². The second-order valence-electron chi connectivity index (χ2n) is 4.66. The Labute approximate surface area is 118 Å². The van der Waals surface area contributed by atoms with Gasteiger partial charge in [-0.25, -0.2) is 0 Å². The number of rotatable bonds is 3. The van der Waals surface area contributed by atoms with Crippen LogP contribution in [-0.4, -0.2) is 14.2 Å². The van der Waals surface area contributed by atoms with E-state index in [1.165, 1.54) is 16.3 Å². The van der Waals surface area contributed by atoms with Gasteiger partial charge >= 0.3 is 0 Å². The number of hydrogen-bond donors (Lipinski definition) is 0. The standard InChI is InChI=1S/C18H16O2/c1-19-17-5-3-4-13(11-17)14-6-7-16-12-18(20-2)9-8-15(16)10-14/h3-12H,1-2H3. The van der Waals surface area contributed by atoms with E-state index in [1.54, 1.807) is 14.2 Å². The minimum absolute atomic E-state index is 0.873. The van der Waals surface area contributed by atoms with Crippen LogP contribution in [0.5, 0.6) is 11.5 Å². The molecule has 0 aliphatic heterocycles. The second-order valence-corrected chi connectivity index (χ2v) is 4.66. The van der Waals surface area contributed by atoms with Crippen LogP contribution < -0.4 is 9.47 Å². The molecule has 0 aliphatic rings. The van der Waals surface area contributed by atoms with Gasteiger partial charge in [0.05, 0.1) is 14.2 Å². The summed E-state index contributed by atoms with van der Waals surface area (Å²) in [6.07, 6.45) is 0. The van der Waals surface area contributed by atoms with Gasteiger partial charge in [0, 0.05) is 0 Å². The summed E-state index contributed by atoms with van der Waals surface area (Å²) in [5.41, 5.74) is 2.34. The van der Waals surface area contributed by atoms with Crippen LogP contribution in [0, 0.1) is 0 Å². The van der Waals surface area contributed by atoms with Gasteiger partial charge in [-0.2, -0.15) is 0 Å². The van der Waals surface area contributed by atoms with Crippen molar-refractivity contribution < 1.29 is 9.47 Å². The molecule has 0 radical (unpaired) electrons. The summed E-state index contributed by atoms with van der Waals surface area (Å²) < 4.78 is 10.5. The van der Waals surface area contributed by atoms with E-state index in [1.807, 2.05) is 30.3 Å². The summed E-state index contributed by atoms with van der Waals surface area (Å²) in [6, 6.07) is 20.6. The van der Waals surface area contributed by atoms with Crippen molar-refractivity contribution in [1.29, 1.82) is 0 Å². The van der Waals surface area contributed by atoms with Crippen LogP contribution in [0.1, 0.15) is 0 Å². The van der Waals surface area contributed by atoms with E-state index in [9.17, 15) is 0 Å². The molecule has 0 unspecified atom stereocenters. The van der Waals surface area contributed by atoms with Gasteiger partial charge in [-0.3, -0.25) is 0 Å². The highest BCUT2D eigenvalue weighted by atomic mass is 16.5. The van der Waals surface area contributed by atoms with Gasteiger partial charge in [-0.1, -0.05) is 30.3 Å². The van der Waals surface area contributed by atoms with E-state index in [4.69, 9.17) is 9.47 Å². The highest BCUT2D eigenvalue weighted by Gasteiger charge is 2.02. The molecule has 0 spiro atoms. The Morgan fingerprint density at radius 2 is 1.25 bits per heavy atom. The average molecular weight is 264 g/mol. The normalized spacial score (nSPS) is 10.5. The SMILES string of the molecule is COc1cccc(-c2ccc3cc(OC)ccc3c2)c1. The van der Waals surface area contributed by atoms with Gasteiger partial charge in [0.2, 0.25) is 0 Å². The zero-order chi connectivity index (χ0) is 13.9. The summed E-state index contributed by atoms with van der Waals surface area (Å²) in [5.74, 6) is 1.75. The molecule has 20 heavy (non-hydrogen) atoms. The third kappa shape index (κ3) is 2.32. The van der Waals surface area contributed by atoms with Crippen molar-refractivity contribution in [3.8, 4) is 22.6 Å². The number of fused-ring (bicyclic) bond motifs is 1. The minimum Gasteiger partial charge on any atom is -0.497 e. The molecule has 0 aliphatic carbocycles. The summed E-state index contributed by atoms with van der Waals surface area (Å²) >= 11 is 0. The lowest BCUT2D eigenvalue weighted by molar-refractivity contribution is 0.415. The predicted molar refractivity (Wildman–Crippen MR) is 82.5 cm³/mol. The van der Waals surface area contributed by atoms with Gasteiger partial charge in [0.1, 0.15) is 11.5 Å². The molecular formula is C18H16O2. The summed E-state index contributed by atoms with van der Waals surface area (Å²) in [6.45, 7) is 0. The fraction of sp³-hybridized carbons (Fsp3) is 0.111. The molecule has 2 nitrogen and oxygen atoms in total. The third-order valence-electron chi connectivity index (χ3n) is 3.45. The fourth-order valence-corrected chi connectivity index (χ4v) is 2.33. The highest BCUT2D eigenvalue weighted by Crippen LogP contribution is 2.28. The van der Waals surface area contributed by atoms with Crippen LogP contribution in [0.15, 0.2) is 60.7 Å². The maximum atomic E-state index is 5.28. The van der Waals surface area contributed by atoms with Gasteiger partial charge in [-0.05, 0) is 52.2 Å². The summed E-state index contributed by atoms with van der Waals surface area (Å²) in [4.78, 5) is 0. The van der Waals surface area contributed by atoms with Crippen LogP contribution in [0.25, 0.3) is 21.9 Å². The first-order valence-corrected chi connectivity index (χ1v) is 6.52. The van der Waals surface area contributed by atoms with Crippen LogP contribution in [-0.2, 0) is 0 Å². The summed E-state index contributed by atoms with van der Waals surface area (Å²) in [5, 5.41) is 2.38. The first-order chi connectivity index (χ1) is 9.80. The third-order valence-corrected chi connectivity index (χ3v) is 3.45. The molecule has 3 rings (SSSR count). The first kappa shape index (κ1) is 12.5. The van der Waals surface area contributed by atoms with Crippen molar-refractivity contribution in [2.75, 3.05) is 14.2 Å². The van der Waals surface area contributed by atoms with E-state index >= 15 is 0 Å². The molecule has 0 N–H and O–H groups in total. The maximum Gasteiger partial charge on any atom is 0.119 e. The zero-order valence-electron chi connectivity index (χ0n) is 11.6. The van der Waals surface area contributed by atoms with E-state index in [2.05, 4.69) is 30.3 Å². The molecule has 0 saturated carbocycles. The lowest BCUT2D eigenvalue weighted by atomic mass is 10.0. The molecule has 0 amide bonds. The van der Waals surface area contributed by atoms with Crippen LogP contribution in [0.3, 0.4) is 0 Å². The minimum atomic E-state index is 0.873. The van der Waals surface area contributed by atoms with Gasteiger partial charge in [0.25, 0.3) is 0 Å². The van der Waals surface area contributed by atoms with Gasteiger partial charge < -0.3 is 9.47 Å². The molecule has 0 heterocycles. The second kappa shape index (κ2) is 5.25. The number of methoxy groups -OCH3 is 2. The van der Waals surface area contributed by atoms with Crippen LogP contribution >= 0.6 is 0 Å². The van der Waals surface area contributed by atoms with E-state index < -0.39 is 0 Å². The molecule has 3 aromatic carbocycles. The smallest absolute Gasteiger partial charge is 0.119 e. The molecular weight excluding hydrogens is 248 g/mol. The monoisotopic (exact) mass is 264 g/mol. The van der Waals surface area contributed by atoms with Crippen molar-refractivity contribution in [1.82, 2.24) is 0 Å². The Hall–Kier alpha value is -2.48. The molecule has 0 aromatic heterocycles. The lowest BCUT2D eigenvalue weighted by Crippen LogP contribution is -1.85. The Kier molecular flexibility index (Phi) is 3.30. The average Bonchev–Trinajstić information content (AvgIpc) is 2.54. The molecule has 0 bridgehead atoms. The molecule has 0 saturated heterocycles. The van der Waals surface area contributed by atoms with Crippen LogP contribution in [0.4, 0.5) is 0 Å². The quantitative estimate of drug-likeness (QED) is 0.692. The molecule has 2 heteroatoms. The number of hydrogen-bond acceptors (Lipinski definition) is 2. The number of ether oxygens (including phenoxy) is 2. The largest absolute Gasteiger partial charge is 0.497 e. The topological polar surface area (TPSA) is 18.5 Å². The van der Waals surface area contributed by atoms with Crippen molar-refractivity contribution in [2.45, 2.75) is 0 Å². The van der Waals surface area contributed by atoms with Crippen molar-refractivity contribution in [3.63, 3.8) is 0 Å². The van der Waals surface area contributed by atoms with E-state index in [0.717, 1.165) is 17.1 Å². The number of benzene rings is 3. The lowest BCUT2D eigenvalue weighted by Gasteiger charge is -2.07. The molecule has 0 atom stereocenters. The first-order valence-electron chi connectivity index (χ1n) is 6.52. The Morgan fingerprint density at radius 1 is 0.600 bits per heavy atom. The van der Waals surface area contributed by atoms with Gasteiger partial charge in [-0.15, -0.1) is 0 Å². The van der Waals surface area contributed by atoms with E-state index in [0.29, 0.717) is 0 Å². The van der Waals surface area contributed by atoms with Crippen molar-refractivity contribution in [3.05, 3.63) is 60.7 Å². The fourth-order valence-electron chi connectivity index (χ4n) is 2.33. The summed E-state index contributed by atoms with van der Waals surface area (Å²) in [7, 11) is 3.37. The van der Waals surface area contributed by atoms with Gasteiger partial charge in [0.15, 0.2) is 0 Å². The Balaban J connectivity index is 2.08. The Morgan fingerprint density at radius 3 is 2.05 bits per heavy atom. The molecule has 100 valence electrons. The predicted octanol–water partition coefficient (Wildman–Crippen LogP) is 4.52. The van der Waals surface area contributed by atoms with Crippen LogP contribution in [0.2, 0.25) is 0 Å². The molecule has 3 aromatic rings. The van der Waals surface area contributed by atoms with Crippen molar-refractivity contribution in [2.24, 2.45) is 0 Å². The zero-order valence-corrected chi connectivity index (χ0v) is 11.6. The van der Waals surface area contributed by atoms with E-state index in [-0.39, 0.29) is 0 Å². The Bertz CT molecular complexity index is 747. The maximum absolute atomic E-state index is 5.28. The highest BCUT2D eigenvalue weighted by molar-refractivity contribution is 5.88. The molecule has 0 fully saturated rings.